The van der Waals surface area contributed by atoms with E-state index in [4.69, 9.17) is 9.47 Å². The van der Waals surface area contributed by atoms with Crippen LogP contribution in [0.25, 0.3) is 0 Å². The first-order valence-electron chi connectivity index (χ1n) is 7.44. The maximum atomic E-state index is 12.6. The lowest BCUT2D eigenvalue weighted by Crippen LogP contribution is -2.46. The molecule has 23 heavy (non-hydrogen) atoms. The van der Waals surface area contributed by atoms with Crippen LogP contribution in [-0.4, -0.2) is 57.4 Å². The SMILES string of the molecule is COC(=O)NC1CCN(C(=O)c2cc(OC)cc(OC)c2)CC1. The molecule has 0 spiro atoms. The van der Waals surface area contributed by atoms with Crippen molar-refractivity contribution in [2.24, 2.45) is 0 Å². The molecule has 7 heteroatoms. The minimum absolute atomic E-state index is 0.0337. The Labute approximate surface area is 135 Å². The zero-order chi connectivity index (χ0) is 16.8. The van der Waals surface area contributed by atoms with Crippen LogP contribution in [0.1, 0.15) is 23.2 Å². The molecule has 2 rings (SSSR count). The summed E-state index contributed by atoms with van der Waals surface area (Å²) in [6.45, 7) is 1.15. The van der Waals surface area contributed by atoms with Gasteiger partial charge in [-0.3, -0.25) is 4.79 Å². The number of hydrogen-bond donors (Lipinski definition) is 1. The number of likely N-dealkylation sites (tertiary alicyclic amines) is 1. The lowest BCUT2D eigenvalue weighted by molar-refractivity contribution is 0.0703. The topological polar surface area (TPSA) is 77.1 Å². The molecule has 1 heterocycles. The molecule has 2 amide bonds. The third-order valence-electron chi connectivity index (χ3n) is 3.89. The molecule has 0 radical (unpaired) electrons. The van der Waals surface area contributed by atoms with E-state index in [9.17, 15) is 9.59 Å². The highest BCUT2D eigenvalue weighted by Crippen LogP contribution is 2.24. The number of methoxy groups -OCH3 is 3. The van der Waals surface area contributed by atoms with Gasteiger partial charge >= 0.3 is 6.09 Å². The first kappa shape index (κ1) is 16.9. The van der Waals surface area contributed by atoms with Gasteiger partial charge in [0.2, 0.25) is 0 Å². The Hall–Kier alpha value is -2.44. The van der Waals surface area contributed by atoms with E-state index in [-0.39, 0.29) is 11.9 Å². The fourth-order valence-electron chi connectivity index (χ4n) is 2.57. The summed E-state index contributed by atoms with van der Waals surface area (Å²) < 4.78 is 15.0. The zero-order valence-corrected chi connectivity index (χ0v) is 13.6. The molecule has 0 aromatic heterocycles. The van der Waals surface area contributed by atoms with Crippen molar-refractivity contribution in [1.29, 1.82) is 0 Å². The Balaban J connectivity index is 2.01. The molecular weight excluding hydrogens is 300 g/mol. The van der Waals surface area contributed by atoms with Crippen LogP contribution >= 0.6 is 0 Å². The Morgan fingerprint density at radius 3 is 2.09 bits per heavy atom. The summed E-state index contributed by atoms with van der Waals surface area (Å²) in [5.74, 6) is 1.09. The van der Waals surface area contributed by atoms with Gasteiger partial charge in [-0.15, -0.1) is 0 Å². The van der Waals surface area contributed by atoms with E-state index in [0.29, 0.717) is 43.0 Å². The van der Waals surface area contributed by atoms with Gasteiger partial charge in [-0.2, -0.15) is 0 Å². The lowest BCUT2D eigenvalue weighted by Gasteiger charge is -2.32. The highest BCUT2D eigenvalue weighted by molar-refractivity contribution is 5.95. The standard InChI is InChI=1S/C16H22N2O5/c1-21-13-8-11(9-14(10-13)22-2)15(19)18-6-4-12(5-7-18)17-16(20)23-3/h8-10,12H,4-7H2,1-3H3,(H,17,20). The molecule has 0 unspecified atom stereocenters. The van der Waals surface area contributed by atoms with Crippen LogP contribution in [0, 0.1) is 0 Å². The summed E-state index contributed by atoms with van der Waals surface area (Å²) in [5, 5.41) is 2.77. The van der Waals surface area contributed by atoms with E-state index >= 15 is 0 Å². The van der Waals surface area contributed by atoms with Crippen molar-refractivity contribution in [3.63, 3.8) is 0 Å². The van der Waals surface area contributed by atoms with Crippen molar-refractivity contribution in [1.82, 2.24) is 10.2 Å². The molecule has 1 aromatic carbocycles. The summed E-state index contributed by atoms with van der Waals surface area (Å²) in [6.07, 6.45) is 0.955. The fourth-order valence-corrected chi connectivity index (χ4v) is 2.57. The van der Waals surface area contributed by atoms with Crippen LogP contribution in [0.3, 0.4) is 0 Å². The zero-order valence-electron chi connectivity index (χ0n) is 13.6. The molecule has 0 aliphatic carbocycles. The maximum absolute atomic E-state index is 12.6. The molecule has 0 saturated carbocycles. The molecule has 1 fully saturated rings. The monoisotopic (exact) mass is 322 g/mol. The third kappa shape index (κ3) is 4.28. The molecule has 1 aliphatic heterocycles. The number of piperidine rings is 1. The highest BCUT2D eigenvalue weighted by Gasteiger charge is 2.25. The number of rotatable bonds is 4. The molecule has 1 saturated heterocycles. The average molecular weight is 322 g/mol. The van der Waals surface area contributed by atoms with E-state index in [1.807, 2.05) is 0 Å². The number of benzene rings is 1. The van der Waals surface area contributed by atoms with Crippen molar-refractivity contribution in [3.8, 4) is 11.5 Å². The van der Waals surface area contributed by atoms with Gasteiger partial charge in [0.15, 0.2) is 0 Å². The van der Waals surface area contributed by atoms with Crippen molar-refractivity contribution < 1.29 is 23.8 Å². The number of alkyl carbamates (subject to hydrolysis) is 1. The Bertz CT molecular complexity index is 545. The summed E-state index contributed by atoms with van der Waals surface area (Å²) in [7, 11) is 4.43. The van der Waals surface area contributed by atoms with Crippen LogP contribution in [0.5, 0.6) is 11.5 Å². The number of carbonyl (C=O) groups is 2. The van der Waals surface area contributed by atoms with E-state index in [2.05, 4.69) is 10.1 Å². The van der Waals surface area contributed by atoms with Crippen molar-refractivity contribution in [2.45, 2.75) is 18.9 Å². The highest BCUT2D eigenvalue weighted by atomic mass is 16.5. The number of nitrogens with zero attached hydrogens (tertiary/aromatic N) is 1. The molecule has 126 valence electrons. The smallest absolute Gasteiger partial charge is 0.407 e. The number of amides is 2. The van der Waals surface area contributed by atoms with Crippen LogP contribution < -0.4 is 14.8 Å². The number of nitrogens with one attached hydrogen (secondary N) is 1. The molecule has 7 nitrogen and oxygen atoms in total. The molecule has 1 N–H and O–H groups in total. The van der Waals surface area contributed by atoms with Crippen LogP contribution in [-0.2, 0) is 4.74 Å². The van der Waals surface area contributed by atoms with Gasteiger partial charge < -0.3 is 24.4 Å². The van der Waals surface area contributed by atoms with Crippen molar-refractivity contribution in [2.75, 3.05) is 34.4 Å². The molecular formula is C16H22N2O5. The van der Waals surface area contributed by atoms with E-state index < -0.39 is 6.09 Å². The Morgan fingerprint density at radius 2 is 1.61 bits per heavy atom. The second kappa shape index (κ2) is 7.71. The van der Waals surface area contributed by atoms with Gasteiger partial charge in [0.05, 0.1) is 21.3 Å². The second-order valence-electron chi connectivity index (χ2n) is 5.30. The van der Waals surface area contributed by atoms with Gasteiger partial charge in [0.1, 0.15) is 11.5 Å². The third-order valence-corrected chi connectivity index (χ3v) is 3.89. The molecule has 0 atom stereocenters. The number of carbonyl (C=O) groups excluding carboxylic acids is 2. The van der Waals surface area contributed by atoms with Crippen molar-refractivity contribution in [3.05, 3.63) is 23.8 Å². The summed E-state index contributed by atoms with van der Waals surface area (Å²) in [6, 6.07) is 5.16. The largest absolute Gasteiger partial charge is 0.497 e. The Kier molecular flexibility index (Phi) is 5.67. The van der Waals surface area contributed by atoms with Crippen molar-refractivity contribution >= 4 is 12.0 Å². The van der Waals surface area contributed by atoms with E-state index in [1.54, 1.807) is 37.3 Å². The minimum Gasteiger partial charge on any atom is -0.497 e. The summed E-state index contributed by atoms with van der Waals surface area (Å²) in [5.41, 5.74) is 0.528. The van der Waals surface area contributed by atoms with Gasteiger partial charge in [-0.25, -0.2) is 4.79 Å². The normalized spacial score (nSPS) is 15.0. The number of ether oxygens (including phenoxy) is 3. The first-order valence-corrected chi connectivity index (χ1v) is 7.44. The number of hydrogen-bond acceptors (Lipinski definition) is 5. The fraction of sp³-hybridized carbons (Fsp3) is 0.500. The molecule has 1 aromatic rings. The predicted octanol–water partition coefficient (Wildman–Crippen LogP) is 1.66. The molecule has 0 bridgehead atoms. The first-order chi connectivity index (χ1) is 11.1. The van der Waals surface area contributed by atoms with Gasteiger partial charge in [0.25, 0.3) is 5.91 Å². The summed E-state index contributed by atoms with van der Waals surface area (Å²) >= 11 is 0. The summed E-state index contributed by atoms with van der Waals surface area (Å²) in [4.78, 5) is 25.6. The van der Waals surface area contributed by atoms with Crippen LogP contribution in [0.15, 0.2) is 18.2 Å². The second-order valence-corrected chi connectivity index (χ2v) is 5.30. The van der Waals surface area contributed by atoms with E-state index in [1.165, 1.54) is 7.11 Å². The van der Waals surface area contributed by atoms with Gasteiger partial charge in [0, 0.05) is 30.8 Å². The lowest BCUT2D eigenvalue weighted by atomic mass is 10.0. The van der Waals surface area contributed by atoms with Gasteiger partial charge in [-0.05, 0) is 25.0 Å². The van der Waals surface area contributed by atoms with Crippen LogP contribution in [0.4, 0.5) is 4.79 Å². The predicted molar refractivity (Wildman–Crippen MR) is 84.0 cm³/mol. The maximum Gasteiger partial charge on any atom is 0.407 e. The Morgan fingerprint density at radius 1 is 1.04 bits per heavy atom. The van der Waals surface area contributed by atoms with Crippen LogP contribution in [0.2, 0.25) is 0 Å². The quantitative estimate of drug-likeness (QED) is 0.912. The molecule has 1 aliphatic rings. The average Bonchev–Trinajstić information content (AvgIpc) is 2.61. The van der Waals surface area contributed by atoms with E-state index in [0.717, 1.165) is 0 Å². The van der Waals surface area contributed by atoms with Gasteiger partial charge in [-0.1, -0.05) is 0 Å². The minimum atomic E-state index is -0.438.